The van der Waals surface area contributed by atoms with Crippen LogP contribution in [0.25, 0.3) is 0 Å². The van der Waals surface area contributed by atoms with E-state index in [4.69, 9.17) is 16.3 Å². The highest BCUT2D eigenvalue weighted by Crippen LogP contribution is 2.17. The molecular weight excluding hydrogens is 276 g/mol. The van der Waals surface area contributed by atoms with E-state index in [9.17, 15) is 4.79 Å². The number of rotatable bonds is 4. The molecule has 0 unspecified atom stereocenters. The van der Waals surface area contributed by atoms with Crippen LogP contribution >= 0.6 is 11.6 Å². The number of ether oxygens (including phenoxy) is 1. The Hall–Kier alpha value is -2.20. The summed E-state index contributed by atoms with van der Waals surface area (Å²) in [6.45, 7) is 0.385. The van der Waals surface area contributed by atoms with Gasteiger partial charge in [0.15, 0.2) is 0 Å². The Morgan fingerprint density at radius 2 is 2.00 bits per heavy atom. The molecule has 0 saturated heterocycles. The third-order valence-electron chi connectivity index (χ3n) is 2.71. The van der Waals surface area contributed by atoms with Crippen LogP contribution in [0.1, 0.15) is 5.56 Å². The van der Waals surface area contributed by atoms with E-state index in [1.807, 2.05) is 24.3 Å². The molecule has 2 aromatic carbocycles. The summed E-state index contributed by atoms with van der Waals surface area (Å²) < 4.78 is 5.22. The molecular formula is C15H15ClN2O2. The second-order valence-corrected chi connectivity index (χ2v) is 4.57. The lowest BCUT2D eigenvalue weighted by molar-refractivity contribution is 0.251. The van der Waals surface area contributed by atoms with Gasteiger partial charge < -0.3 is 15.4 Å². The van der Waals surface area contributed by atoms with Gasteiger partial charge in [-0.25, -0.2) is 4.79 Å². The van der Waals surface area contributed by atoms with Crippen molar-refractivity contribution in [3.05, 3.63) is 59.1 Å². The first-order valence-electron chi connectivity index (χ1n) is 6.11. The molecule has 0 atom stereocenters. The molecule has 0 radical (unpaired) electrons. The highest BCUT2D eigenvalue weighted by molar-refractivity contribution is 6.30. The van der Waals surface area contributed by atoms with Crippen LogP contribution in [0.3, 0.4) is 0 Å². The minimum Gasteiger partial charge on any atom is -0.496 e. The number of hydrogen-bond acceptors (Lipinski definition) is 2. The van der Waals surface area contributed by atoms with Gasteiger partial charge in [-0.3, -0.25) is 0 Å². The fourth-order valence-electron chi connectivity index (χ4n) is 1.77. The highest BCUT2D eigenvalue weighted by Gasteiger charge is 2.05. The zero-order valence-electron chi connectivity index (χ0n) is 11.0. The van der Waals surface area contributed by atoms with Crippen LogP contribution in [-0.4, -0.2) is 13.1 Å². The highest BCUT2D eigenvalue weighted by atomic mass is 35.5. The maximum absolute atomic E-state index is 11.8. The molecule has 2 rings (SSSR count). The summed E-state index contributed by atoms with van der Waals surface area (Å²) in [6.07, 6.45) is 0. The standard InChI is InChI=1S/C15H15ClN2O2/c1-20-14-8-3-2-5-11(14)10-17-15(19)18-13-7-4-6-12(16)9-13/h2-9H,10H2,1H3,(H2,17,18,19). The van der Waals surface area contributed by atoms with E-state index >= 15 is 0 Å². The molecule has 0 aliphatic rings. The van der Waals surface area contributed by atoms with Gasteiger partial charge in [0.1, 0.15) is 5.75 Å². The van der Waals surface area contributed by atoms with Crippen LogP contribution in [0.4, 0.5) is 10.5 Å². The molecule has 0 aliphatic heterocycles. The summed E-state index contributed by atoms with van der Waals surface area (Å²) in [4.78, 5) is 11.8. The average molecular weight is 291 g/mol. The van der Waals surface area contributed by atoms with Gasteiger partial charge in [0.25, 0.3) is 0 Å². The number of methoxy groups -OCH3 is 1. The lowest BCUT2D eigenvalue weighted by atomic mass is 10.2. The van der Waals surface area contributed by atoms with E-state index in [0.29, 0.717) is 17.3 Å². The Morgan fingerprint density at radius 1 is 1.20 bits per heavy atom. The van der Waals surface area contributed by atoms with E-state index in [2.05, 4.69) is 10.6 Å². The van der Waals surface area contributed by atoms with E-state index < -0.39 is 0 Å². The van der Waals surface area contributed by atoms with Gasteiger partial charge in [0.05, 0.1) is 7.11 Å². The number of carbonyl (C=O) groups is 1. The van der Waals surface area contributed by atoms with E-state index in [1.54, 1.807) is 31.4 Å². The van der Waals surface area contributed by atoms with Crippen molar-refractivity contribution in [3.8, 4) is 5.75 Å². The van der Waals surface area contributed by atoms with Crippen molar-refractivity contribution in [1.29, 1.82) is 0 Å². The zero-order chi connectivity index (χ0) is 14.4. The van der Waals surface area contributed by atoms with Gasteiger partial charge >= 0.3 is 6.03 Å². The van der Waals surface area contributed by atoms with Gasteiger partial charge in [0.2, 0.25) is 0 Å². The van der Waals surface area contributed by atoms with Crippen molar-refractivity contribution >= 4 is 23.3 Å². The molecule has 0 aliphatic carbocycles. The lowest BCUT2D eigenvalue weighted by Crippen LogP contribution is -2.28. The van der Waals surface area contributed by atoms with E-state index in [0.717, 1.165) is 11.3 Å². The van der Waals surface area contributed by atoms with Gasteiger partial charge in [-0.05, 0) is 24.3 Å². The van der Waals surface area contributed by atoms with Crippen LogP contribution in [0.15, 0.2) is 48.5 Å². The molecule has 4 nitrogen and oxygen atoms in total. The number of hydrogen-bond donors (Lipinski definition) is 2. The number of carbonyl (C=O) groups excluding carboxylic acids is 1. The summed E-state index contributed by atoms with van der Waals surface area (Å²) in [7, 11) is 1.60. The molecule has 5 heteroatoms. The largest absolute Gasteiger partial charge is 0.496 e. The number of nitrogens with one attached hydrogen (secondary N) is 2. The van der Waals surface area contributed by atoms with Crippen LogP contribution in [0.2, 0.25) is 5.02 Å². The van der Waals surface area contributed by atoms with Crippen LogP contribution in [0, 0.1) is 0 Å². The van der Waals surface area contributed by atoms with Crippen molar-refractivity contribution in [3.63, 3.8) is 0 Å². The third kappa shape index (κ3) is 3.90. The molecule has 0 spiro atoms. The molecule has 0 fully saturated rings. The number of anilines is 1. The average Bonchev–Trinajstić information content (AvgIpc) is 2.45. The first-order chi connectivity index (χ1) is 9.69. The Bertz CT molecular complexity index is 602. The Labute approximate surface area is 122 Å². The fourth-order valence-corrected chi connectivity index (χ4v) is 1.96. The summed E-state index contributed by atoms with van der Waals surface area (Å²) in [5.41, 5.74) is 1.56. The summed E-state index contributed by atoms with van der Waals surface area (Å²) in [6, 6.07) is 14.2. The summed E-state index contributed by atoms with van der Waals surface area (Å²) >= 11 is 5.85. The summed E-state index contributed by atoms with van der Waals surface area (Å²) in [5.74, 6) is 0.746. The molecule has 2 amide bonds. The normalized spacial score (nSPS) is 9.90. The predicted octanol–water partition coefficient (Wildman–Crippen LogP) is 3.67. The molecule has 0 heterocycles. The first kappa shape index (κ1) is 14.2. The van der Waals surface area contributed by atoms with Crippen molar-refractivity contribution < 1.29 is 9.53 Å². The molecule has 20 heavy (non-hydrogen) atoms. The van der Waals surface area contributed by atoms with Gasteiger partial charge in [-0.15, -0.1) is 0 Å². The van der Waals surface area contributed by atoms with Gasteiger partial charge in [0, 0.05) is 22.8 Å². The molecule has 2 N–H and O–H groups in total. The minimum atomic E-state index is -0.293. The SMILES string of the molecule is COc1ccccc1CNC(=O)Nc1cccc(Cl)c1. The monoisotopic (exact) mass is 290 g/mol. The van der Waals surface area contributed by atoms with Crippen molar-refractivity contribution in [2.75, 3.05) is 12.4 Å². The number of para-hydroxylation sites is 1. The maximum Gasteiger partial charge on any atom is 0.319 e. The fraction of sp³-hybridized carbons (Fsp3) is 0.133. The Balaban J connectivity index is 1.92. The van der Waals surface area contributed by atoms with E-state index in [-0.39, 0.29) is 6.03 Å². The molecule has 0 bridgehead atoms. The molecule has 0 aromatic heterocycles. The maximum atomic E-state index is 11.8. The third-order valence-corrected chi connectivity index (χ3v) is 2.95. The molecule has 104 valence electrons. The van der Waals surface area contributed by atoms with Crippen LogP contribution < -0.4 is 15.4 Å². The first-order valence-corrected chi connectivity index (χ1v) is 6.49. The van der Waals surface area contributed by atoms with Crippen LogP contribution in [0.5, 0.6) is 5.75 Å². The van der Waals surface area contributed by atoms with E-state index in [1.165, 1.54) is 0 Å². The zero-order valence-corrected chi connectivity index (χ0v) is 11.8. The second kappa shape index (κ2) is 6.82. The van der Waals surface area contributed by atoms with Crippen molar-refractivity contribution in [2.24, 2.45) is 0 Å². The number of halogens is 1. The molecule has 2 aromatic rings. The van der Waals surface area contributed by atoms with Gasteiger partial charge in [-0.1, -0.05) is 35.9 Å². The predicted molar refractivity (Wildman–Crippen MR) is 80.3 cm³/mol. The topological polar surface area (TPSA) is 50.4 Å². The second-order valence-electron chi connectivity index (χ2n) is 4.13. The molecule has 0 saturated carbocycles. The van der Waals surface area contributed by atoms with Crippen LogP contribution in [-0.2, 0) is 6.54 Å². The lowest BCUT2D eigenvalue weighted by Gasteiger charge is -2.10. The number of urea groups is 1. The smallest absolute Gasteiger partial charge is 0.319 e. The van der Waals surface area contributed by atoms with Gasteiger partial charge in [-0.2, -0.15) is 0 Å². The minimum absolute atomic E-state index is 0.293. The summed E-state index contributed by atoms with van der Waals surface area (Å²) in [5, 5.41) is 6.06. The Kier molecular flexibility index (Phi) is 4.85. The Morgan fingerprint density at radius 3 is 2.75 bits per heavy atom. The number of benzene rings is 2. The number of amides is 2. The van der Waals surface area contributed by atoms with Crippen molar-refractivity contribution in [1.82, 2.24) is 5.32 Å². The van der Waals surface area contributed by atoms with Crippen molar-refractivity contribution in [2.45, 2.75) is 6.54 Å². The quantitative estimate of drug-likeness (QED) is 0.902.